The van der Waals surface area contributed by atoms with Gasteiger partial charge in [-0.05, 0) is 53.3 Å². The zero-order valence-corrected chi connectivity index (χ0v) is 20.9. The van der Waals surface area contributed by atoms with E-state index in [0.717, 1.165) is 11.1 Å². The van der Waals surface area contributed by atoms with Crippen molar-refractivity contribution in [3.8, 4) is 11.5 Å². The number of hydrogen-bond donors (Lipinski definition) is 0. The van der Waals surface area contributed by atoms with Crippen LogP contribution in [-0.2, 0) is 6.42 Å². The van der Waals surface area contributed by atoms with E-state index >= 15 is 0 Å². The zero-order valence-electron chi connectivity index (χ0n) is 20.9. The summed E-state index contributed by atoms with van der Waals surface area (Å²) in [6, 6.07) is 20.5. The van der Waals surface area contributed by atoms with Crippen molar-refractivity contribution in [1.82, 2.24) is 4.90 Å². The molecule has 0 radical (unpaired) electrons. The number of ether oxygens (including phenoxy) is 2. The van der Waals surface area contributed by atoms with Gasteiger partial charge in [0.15, 0.2) is 16.9 Å². The lowest BCUT2D eigenvalue weighted by atomic mass is 9.95. The molecule has 1 aromatic heterocycles. The molecule has 6 nitrogen and oxygen atoms in total. The Kier molecular flexibility index (Phi) is 6.27. The second-order valence-electron chi connectivity index (χ2n) is 9.33. The van der Waals surface area contributed by atoms with Crippen molar-refractivity contribution >= 4 is 16.9 Å². The van der Waals surface area contributed by atoms with Crippen LogP contribution in [0.25, 0.3) is 11.0 Å². The molecule has 0 saturated carbocycles. The summed E-state index contributed by atoms with van der Waals surface area (Å²) in [7, 11) is 3.20. The van der Waals surface area contributed by atoms with Crippen LogP contribution in [0.5, 0.6) is 11.5 Å². The molecule has 5 rings (SSSR count). The van der Waals surface area contributed by atoms with Gasteiger partial charge < -0.3 is 18.8 Å². The van der Waals surface area contributed by atoms with Crippen molar-refractivity contribution < 1.29 is 18.7 Å². The summed E-state index contributed by atoms with van der Waals surface area (Å²) < 4.78 is 16.8. The monoisotopic (exact) mass is 483 g/mol. The number of methoxy groups -OCH3 is 2. The zero-order chi connectivity index (χ0) is 25.4. The van der Waals surface area contributed by atoms with Crippen LogP contribution >= 0.6 is 0 Å². The van der Waals surface area contributed by atoms with Gasteiger partial charge in [0, 0.05) is 6.54 Å². The first kappa shape index (κ1) is 23.7. The molecule has 0 aliphatic carbocycles. The van der Waals surface area contributed by atoms with Crippen LogP contribution in [0.3, 0.4) is 0 Å². The lowest BCUT2D eigenvalue weighted by Gasteiger charge is -2.25. The Morgan fingerprint density at radius 2 is 1.64 bits per heavy atom. The number of para-hydroxylation sites is 1. The van der Waals surface area contributed by atoms with Gasteiger partial charge in [0.2, 0.25) is 5.76 Å². The first-order valence-corrected chi connectivity index (χ1v) is 12.1. The molecule has 1 aliphatic rings. The maximum Gasteiger partial charge on any atom is 0.290 e. The minimum absolute atomic E-state index is 0.129. The van der Waals surface area contributed by atoms with Gasteiger partial charge in [0.25, 0.3) is 5.91 Å². The van der Waals surface area contributed by atoms with E-state index in [2.05, 4.69) is 26.0 Å². The van der Waals surface area contributed by atoms with E-state index in [0.29, 0.717) is 46.9 Å². The fourth-order valence-electron chi connectivity index (χ4n) is 4.89. The van der Waals surface area contributed by atoms with Crippen LogP contribution in [0.4, 0.5) is 0 Å². The van der Waals surface area contributed by atoms with E-state index in [1.165, 1.54) is 5.56 Å². The Balaban J connectivity index is 1.57. The highest BCUT2D eigenvalue weighted by molar-refractivity contribution is 5.99. The maximum absolute atomic E-state index is 13.6. The summed E-state index contributed by atoms with van der Waals surface area (Å²) >= 11 is 0. The Morgan fingerprint density at radius 3 is 2.33 bits per heavy atom. The predicted molar refractivity (Wildman–Crippen MR) is 139 cm³/mol. The molecule has 0 spiro atoms. The minimum atomic E-state index is -0.519. The lowest BCUT2D eigenvalue weighted by molar-refractivity contribution is 0.0730. The molecule has 2 heterocycles. The molecule has 6 heteroatoms. The minimum Gasteiger partial charge on any atom is -0.493 e. The average molecular weight is 484 g/mol. The van der Waals surface area contributed by atoms with Crippen molar-refractivity contribution in [3.05, 3.63) is 105 Å². The van der Waals surface area contributed by atoms with Crippen LogP contribution < -0.4 is 14.9 Å². The molecule has 1 atom stereocenters. The summed E-state index contributed by atoms with van der Waals surface area (Å²) in [5.74, 6) is 1.52. The van der Waals surface area contributed by atoms with E-state index < -0.39 is 6.04 Å². The van der Waals surface area contributed by atoms with Crippen LogP contribution in [0.15, 0.2) is 75.9 Å². The van der Waals surface area contributed by atoms with E-state index in [4.69, 9.17) is 13.9 Å². The first-order valence-electron chi connectivity index (χ1n) is 12.1. The van der Waals surface area contributed by atoms with Gasteiger partial charge in [-0.2, -0.15) is 0 Å². The quantitative estimate of drug-likeness (QED) is 0.336. The lowest BCUT2D eigenvalue weighted by Crippen LogP contribution is -2.31. The van der Waals surface area contributed by atoms with Gasteiger partial charge >= 0.3 is 0 Å². The molecule has 0 bridgehead atoms. The summed E-state index contributed by atoms with van der Waals surface area (Å²) in [5.41, 5.74) is 3.75. The fourth-order valence-corrected chi connectivity index (χ4v) is 4.89. The number of hydrogen-bond acceptors (Lipinski definition) is 5. The van der Waals surface area contributed by atoms with E-state index in [9.17, 15) is 9.59 Å². The highest BCUT2D eigenvalue weighted by atomic mass is 16.5. The number of carbonyl (C=O) groups is 1. The SMILES string of the molecule is COc1ccc(CCN2C(=O)c3oc4ccccc4c(=O)c3[C@H]2c2ccc(C(C)C)cc2)cc1OC. The molecule has 0 saturated heterocycles. The molecule has 3 aromatic carbocycles. The van der Waals surface area contributed by atoms with Crippen molar-refractivity contribution in [3.63, 3.8) is 0 Å². The first-order chi connectivity index (χ1) is 17.4. The molecule has 36 heavy (non-hydrogen) atoms. The summed E-state index contributed by atoms with van der Waals surface area (Å²) in [5, 5.41) is 0.481. The average Bonchev–Trinajstić information content (AvgIpc) is 3.18. The van der Waals surface area contributed by atoms with Crippen LogP contribution in [0, 0.1) is 0 Å². The molecule has 0 N–H and O–H groups in total. The van der Waals surface area contributed by atoms with Crippen LogP contribution in [0.1, 0.15) is 58.6 Å². The van der Waals surface area contributed by atoms with Crippen LogP contribution in [-0.4, -0.2) is 31.6 Å². The second kappa shape index (κ2) is 9.53. The van der Waals surface area contributed by atoms with Crippen molar-refractivity contribution in [1.29, 1.82) is 0 Å². The summed E-state index contributed by atoms with van der Waals surface area (Å²) in [6.07, 6.45) is 0.578. The molecular weight excluding hydrogens is 454 g/mol. The fraction of sp³-hybridized carbons (Fsp3) is 0.267. The highest BCUT2D eigenvalue weighted by Crippen LogP contribution is 2.39. The van der Waals surface area contributed by atoms with E-state index in [1.807, 2.05) is 36.4 Å². The molecule has 1 aliphatic heterocycles. The Morgan fingerprint density at radius 1 is 0.917 bits per heavy atom. The molecule has 0 unspecified atom stereocenters. The van der Waals surface area contributed by atoms with E-state index in [-0.39, 0.29) is 17.1 Å². The van der Waals surface area contributed by atoms with Crippen molar-refractivity contribution in [2.24, 2.45) is 0 Å². The summed E-state index contributed by atoms with van der Waals surface area (Å²) in [4.78, 5) is 29.0. The number of amides is 1. The van der Waals surface area contributed by atoms with Crippen molar-refractivity contribution in [2.75, 3.05) is 20.8 Å². The Bertz CT molecular complexity index is 1490. The Hall–Kier alpha value is -4.06. The predicted octanol–water partition coefficient (Wildman–Crippen LogP) is 5.72. The largest absolute Gasteiger partial charge is 0.493 e. The summed E-state index contributed by atoms with van der Waals surface area (Å²) in [6.45, 7) is 4.68. The standard InChI is InChI=1S/C30H29NO5/c1-18(2)20-10-12-21(13-11-20)27-26-28(32)22-7-5-6-8-23(22)36-29(26)30(33)31(27)16-15-19-9-14-24(34-3)25(17-19)35-4/h5-14,17-18,27H,15-16H2,1-4H3/t27-/m1/s1. The highest BCUT2D eigenvalue weighted by Gasteiger charge is 2.42. The number of carbonyl (C=O) groups excluding carboxylic acids is 1. The third-order valence-electron chi connectivity index (χ3n) is 6.88. The van der Waals surface area contributed by atoms with Crippen molar-refractivity contribution in [2.45, 2.75) is 32.2 Å². The number of rotatable bonds is 7. The van der Waals surface area contributed by atoms with Gasteiger partial charge in [0.1, 0.15) is 5.58 Å². The topological polar surface area (TPSA) is 69.0 Å². The van der Waals surface area contributed by atoms with Gasteiger partial charge in [-0.15, -0.1) is 0 Å². The molecule has 4 aromatic rings. The normalized spacial score (nSPS) is 15.0. The van der Waals surface area contributed by atoms with Gasteiger partial charge in [-0.3, -0.25) is 9.59 Å². The third kappa shape index (κ3) is 4.02. The van der Waals surface area contributed by atoms with E-state index in [1.54, 1.807) is 37.3 Å². The van der Waals surface area contributed by atoms with Gasteiger partial charge in [-0.25, -0.2) is 0 Å². The number of fused-ring (bicyclic) bond motifs is 2. The third-order valence-corrected chi connectivity index (χ3v) is 6.88. The molecule has 184 valence electrons. The number of benzene rings is 3. The molecule has 0 fully saturated rings. The smallest absolute Gasteiger partial charge is 0.290 e. The van der Waals surface area contributed by atoms with Crippen LogP contribution in [0.2, 0.25) is 0 Å². The molecule has 1 amide bonds. The number of nitrogens with zero attached hydrogens (tertiary/aromatic N) is 1. The Labute approximate surface area is 210 Å². The molecular formula is C30H29NO5. The maximum atomic E-state index is 13.6. The second-order valence-corrected chi connectivity index (χ2v) is 9.33. The van der Waals surface area contributed by atoms with Gasteiger partial charge in [-0.1, -0.05) is 56.3 Å². The van der Waals surface area contributed by atoms with Gasteiger partial charge in [0.05, 0.1) is 31.2 Å².